The summed E-state index contributed by atoms with van der Waals surface area (Å²) in [5.74, 6) is -1.17. The molecule has 0 aliphatic rings. The third-order valence-electron chi connectivity index (χ3n) is 2.53. The molecule has 0 atom stereocenters. The number of unbranched alkanes of at least 4 members (excludes halogenated alkanes) is 2. The standard InChI is InChI=1S/C13H17BrFN3OS/c1-2-3-4-7-16-13(20)18-17-12(19)10-6-5-9(14)8-11(10)15/h5-6,8H,2-4,7H2,1H3,(H,17,19)(H2,16,18,20). The fourth-order valence-corrected chi connectivity index (χ4v) is 1.96. The maximum absolute atomic E-state index is 13.5. The zero-order valence-corrected chi connectivity index (χ0v) is 13.5. The monoisotopic (exact) mass is 361 g/mol. The molecule has 110 valence electrons. The number of hydrazine groups is 1. The van der Waals surface area contributed by atoms with Crippen molar-refractivity contribution in [1.82, 2.24) is 16.2 Å². The van der Waals surface area contributed by atoms with Gasteiger partial charge in [0.05, 0.1) is 5.56 Å². The third-order valence-corrected chi connectivity index (χ3v) is 3.27. The number of carbonyl (C=O) groups excluding carboxylic acids is 1. The maximum atomic E-state index is 13.5. The minimum atomic E-state index is -0.597. The summed E-state index contributed by atoms with van der Waals surface area (Å²) in [6.45, 7) is 2.85. The van der Waals surface area contributed by atoms with Crippen molar-refractivity contribution >= 4 is 39.2 Å². The van der Waals surface area contributed by atoms with Crippen LogP contribution in [0.2, 0.25) is 0 Å². The number of thiocarbonyl (C=S) groups is 1. The first-order valence-corrected chi connectivity index (χ1v) is 7.54. The van der Waals surface area contributed by atoms with Gasteiger partial charge >= 0.3 is 0 Å². The number of nitrogens with one attached hydrogen (secondary N) is 3. The summed E-state index contributed by atoms with van der Waals surface area (Å²) in [7, 11) is 0. The molecule has 1 aromatic rings. The summed E-state index contributed by atoms with van der Waals surface area (Å²) in [4.78, 5) is 11.7. The topological polar surface area (TPSA) is 53.2 Å². The lowest BCUT2D eigenvalue weighted by Crippen LogP contribution is -2.47. The zero-order valence-electron chi connectivity index (χ0n) is 11.1. The Kier molecular flexibility index (Phi) is 7.46. The van der Waals surface area contributed by atoms with Gasteiger partial charge in [-0.1, -0.05) is 35.7 Å². The summed E-state index contributed by atoms with van der Waals surface area (Å²) >= 11 is 8.12. The lowest BCUT2D eigenvalue weighted by molar-refractivity contribution is 0.0939. The van der Waals surface area contributed by atoms with Gasteiger partial charge in [0.15, 0.2) is 5.11 Å². The Balaban J connectivity index is 2.37. The van der Waals surface area contributed by atoms with E-state index in [1.54, 1.807) is 6.07 Å². The van der Waals surface area contributed by atoms with E-state index in [-0.39, 0.29) is 5.56 Å². The molecule has 0 bridgehead atoms. The van der Waals surface area contributed by atoms with Gasteiger partial charge in [-0.3, -0.25) is 15.6 Å². The summed E-state index contributed by atoms with van der Waals surface area (Å²) in [5.41, 5.74) is 4.85. The molecule has 20 heavy (non-hydrogen) atoms. The number of amides is 1. The number of benzene rings is 1. The average Bonchev–Trinajstić information content (AvgIpc) is 2.41. The molecule has 0 aromatic heterocycles. The predicted octanol–water partition coefficient (Wildman–Crippen LogP) is 2.89. The first kappa shape index (κ1) is 16.8. The second kappa shape index (κ2) is 8.86. The molecule has 0 aliphatic carbocycles. The van der Waals surface area contributed by atoms with E-state index in [9.17, 15) is 9.18 Å². The molecule has 0 saturated heterocycles. The van der Waals surface area contributed by atoms with Crippen LogP contribution in [0.1, 0.15) is 36.5 Å². The maximum Gasteiger partial charge on any atom is 0.272 e. The highest BCUT2D eigenvalue weighted by atomic mass is 79.9. The third kappa shape index (κ3) is 5.83. The van der Waals surface area contributed by atoms with Crippen molar-refractivity contribution in [2.75, 3.05) is 6.54 Å². The van der Waals surface area contributed by atoms with Crippen LogP contribution in [0.5, 0.6) is 0 Å². The van der Waals surface area contributed by atoms with E-state index in [2.05, 4.69) is 39.0 Å². The van der Waals surface area contributed by atoms with Crippen molar-refractivity contribution in [3.8, 4) is 0 Å². The van der Waals surface area contributed by atoms with Gasteiger partial charge in [-0.2, -0.15) is 0 Å². The lowest BCUT2D eigenvalue weighted by Gasteiger charge is -2.11. The number of hydrogen-bond donors (Lipinski definition) is 3. The van der Waals surface area contributed by atoms with Gasteiger partial charge in [-0.15, -0.1) is 0 Å². The molecular formula is C13H17BrFN3OS. The van der Waals surface area contributed by atoms with Crippen molar-refractivity contribution in [1.29, 1.82) is 0 Å². The normalized spacial score (nSPS) is 9.95. The van der Waals surface area contributed by atoms with Crippen LogP contribution in [-0.2, 0) is 0 Å². The van der Waals surface area contributed by atoms with Crippen LogP contribution in [-0.4, -0.2) is 17.6 Å². The van der Waals surface area contributed by atoms with E-state index in [0.29, 0.717) is 9.59 Å². The predicted molar refractivity (Wildman–Crippen MR) is 84.8 cm³/mol. The molecule has 0 spiro atoms. The summed E-state index contributed by atoms with van der Waals surface area (Å²) in [5, 5.41) is 3.26. The van der Waals surface area contributed by atoms with Gasteiger partial charge in [0.25, 0.3) is 5.91 Å². The van der Waals surface area contributed by atoms with Gasteiger partial charge in [0.2, 0.25) is 0 Å². The van der Waals surface area contributed by atoms with Crippen LogP contribution in [0.25, 0.3) is 0 Å². The van der Waals surface area contributed by atoms with Crippen LogP contribution in [0.15, 0.2) is 22.7 Å². The van der Waals surface area contributed by atoms with Gasteiger partial charge in [0, 0.05) is 11.0 Å². The molecule has 0 radical (unpaired) electrons. The molecule has 0 heterocycles. The van der Waals surface area contributed by atoms with Crippen LogP contribution < -0.4 is 16.2 Å². The second-order valence-electron chi connectivity index (χ2n) is 4.17. The van der Waals surface area contributed by atoms with E-state index >= 15 is 0 Å². The Morgan fingerprint density at radius 1 is 1.35 bits per heavy atom. The molecule has 3 N–H and O–H groups in total. The van der Waals surface area contributed by atoms with E-state index < -0.39 is 11.7 Å². The molecule has 4 nitrogen and oxygen atoms in total. The first-order valence-electron chi connectivity index (χ1n) is 6.33. The molecule has 1 amide bonds. The van der Waals surface area contributed by atoms with Crippen LogP contribution >= 0.6 is 28.1 Å². The highest BCUT2D eigenvalue weighted by molar-refractivity contribution is 9.10. The van der Waals surface area contributed by atoms with E-state index in [0.717, 1.165) is 25.8 Å². The SMILES string of the molecule is CCCCCNC(=S)NNC(=O)c1ccc(Br)cc1F. The van der Waals surface area contributed by atoms with Gasteiger partial charge < -0.3 is 5.32 Å². The van der Waals surface area contributed by atoms with Crippen molar-refractivity contribution in [2.24, 2.45) is 0 Å². The zero-order chi connectivity index (χ0) is 15.0. The smallest absolute Gasteiger partial charge is 0.272 e. The number of rotatable bonds is 5. The van der Waals surface area contributed by atoms with E-state index in [1.165, 1.54) is 12.1 Å². The van der Waals surface area contributed by atoms with E-state index in [4.69, 9.17) is 12.2 Å². The fraction of sp³-hybridized carbons (Fsp3) is 0.385. The molecule has 7 heteroatoms. The van der Waals surface area contributed by atoms with Crippen LogP contribution in [0.4, 0.5) is 4.39 Å². The largest absolute Gasteiger partial charge is 0.361 e. The van der Waals surface area contributed by atoms with Crippen molar-refractivity contribution in [3.63, 3.8) is 0 Å². The van der Waals surface area contributed by atoms with Gasteiger partial charge in [-0.25, -0.2) is 4.39 Å². The van der Waals surface area contributed by atoms with Crippen molar-refractivity contribution < 1.29 is 9.18 Å². The summed E-state index contributed by atoms with van der Waals surface area (Å²) in [6, 6.07) is 4.23. The number of carbonyl (C=O) groups is 1. The Labute approximate surface area is 131 Å². The molecule has 0 aliphatic heterocycles. The molecule has 1 aromatic carbocycles. The molecular weight excluding hydrogens is 345 g/mol. The molecule has 1 rings (SSSR count). The highest BCUT2D eigenvalue weighted by Crippen LogP contribution is 2.14. The van der Waals surface area contributed by atoms with Crippen LogP contribution in [0, 0.1) is 5.82 Å². The van der Waals surface area contributed by atoms with E-state index in [1.807, 2.05) is 0 Å². The molecule has 0 fully saturated rings. The first-order chi connectivity index (χ1) is 9.54. The molecule has 0 unspecified atom stereocenters. The Morgan fingerprint density at radius 2 is 2.10 bits per heavy atom. The fourth-order valence-electron chi connectivity index (χ4n) is 1.48. The molecule has 0 saturated carbocycles. The summed E-state index contributed by atoms with van der Waals surface area (Å²) < 4.78 is 14.1. The number of hydrogen-bond acceptors (Lipinski definition) is 2. The van der Waals surface area contributed by atoms with Crippen molar-refractivity contribution in [3.05, 3.63) is 34.1 Å². The Bertz CT molecular complexity index is 485. The van der Waals surface area contributed by atoms with Gasteiger partial charge in [-0.05, 0) is 36.8 Å². The summed E-state index contributed by atoms with van der Waals surface area (Å²) in [6.07, 6.45) is 3.25. The lowest BCUT2D eigenvalue weighted by atomic mass is 10.2. The van der Waals surface area contributed by atoms with Crippen LogP contribution in [0.3, 0.4) is 0 Å². The quantitative estimate of drug-likeness (QED) is 0.428. The number of halogens is 2. The Hall–Kier alpha value is -1.21. The van der Waals surface area contributed by atoms with Gasteiger partial charge in [0.1, 0.15) is 5.82 Å². The second-order valence-corrected chi connectivity index (χ2v) is 5.49. The highest BCUT2D eigenvalue weighted by Gasteiger charge is 2.11. The minimum Gasteiger partial charge on any atom is -0.361 e. The van der Waals surface area contributed by atoms with Crippen molar-refractivity contribution in [2.45, 2.75) is 26.2 Å². The average molecular weight is 362 g/mol. The Morgan fingerprint density at radius 3 is 2.75 bits per heavy atom. The minimum absolute atomic E-state index is 0.0468.